The molecule has 132 valence electrons. The van der Waals surface area contributed by atoms with Crippen molar-refractivity contribution in [2.45, 2.75) is 90.9 Å². The van der Waals surface area contributed by atoms with Crippen molar-refractivity contribution in [2.75, 3.05) is 0 Å². The van der Waals surface area contributed by atoms with Crippen LogP contribution in [0.3, 0.4) is 0 Å². The van der Waals surface area contributed by atoms with Crippen molar-refractivity contribution in [3.05, 3.63) is 46.5 Å². The monoisotopic (exact) mass is 324 g/mol. The first kappa shape index (κ1) is 17.8. The Labute approximate surface area is 149 Å². The first-order valence-corrected chi connectivity index (χ1v) is 10.4. The molecule has 2 aliphatic carbocycles. The smallest absolute Gasteiger partial charge is 0.0162 e. The Bertz CT molecular complexity index is 540. The van der Waals surface area contributed by atoms with Gasteiger partial charge in [-0.3, -0.25) is 0 Å². The van der Waals surface area contributed by atoms with Crippen LogP contribution in [0, 0.1) is 11.8 Å². The van der Waals surface area contributed by atoms with E-state index in [9.17, 15) is 0 Å². The molecule has 0 saturated heterocycles. The Morgan fingerprint density at radius 2 is 1.62 bits per heavy atom. The number of rotatable bonds is 6. The summed E-state index contributed by atoms with van der Waals surface area (Å²) >= 11 is 0. The molecule has 1 fully saturated rings. The lowest BCUT2D eigenvalue weighted by Gasteiger charge is -2.28. The molecule has 1 unspecified atom stereocenters. The molecule has 0 N–H and O–H groups in total. The van der Waals surface area contributed by atoms with E-state index in [1.165, 1.54) is 69.8 Å². The minimum atomic E-state index is 0.828. The van der Waals surface area contributed by atoms with Crippen molar-refractivity contribution in [3.63, 3.8) is 0 Å². The van der Waals surface area contributed by atoms with Gasteiger partial charge in [-0.25, -0.2) is 0 Å². The Morgan fingerprint density at radius 1 is 0.917 bits per heavy atom. The molecule has 0 amide bonds. The van der Waals surface area contributed by atoms with Gasteiger partial charge < -0.3 is 0 Å². The Hall–Kier alpha value is -1.04. The zero-order valence-corrected chi connectivity index (χ0v) is 16.1. The second-order valence-corrected chi connectivity index (χ2v) is 8.47. The molecule has 2 aliphatic rings. The van der Waals surface area contributed by atoms with Crippen LogP contribution in [-0.2, 0) is 6.42 Å². The third-order valence-corrected chi connectivity index (χ3v) is 6.88. The fourth-order valence-corrected chi connectivity index (χ4v) is 4.99. The van der Waals surface area contributed by atoms with Gasteiger partial charge in [-0.2, -0.15) is 0 Å². The van der Waals surface area contributed by atoms with Crippen LogP contribution in [0.2, 0.25) is 0 Å². The number of benzene rings is 1. The molecule has 0 aliphatic heterocycles. The van der Waals surface area contributed by atoms with Gasteiger partial charge in [-0.15, -0.1) is 0 Å². The normalized spacial score (nSPS) is 27.7. The van der Waals surface area contributed by atoms with Gasteiger partial charge in [0.2, 0.25) is 0 Å². The van der Waals surface area contributed by atoms with E-state index in [-0.39, 0.29) is 0 Å². The van der Waals surface area contributed by atoms with Crippen LogP contribution in [0.4, 0.5) is 0 Å². The van der Waals surface area contributed by atoms with Crippen LogP contribution in [0.25, 0.3) is 0 Å². The van der Waals surface area contributed by atoms with Gasteiger partial charge in [0.25, 0.3) is 0 Å². The fourth-order valence-electron chi connectivity index (χ4n) is 4.99. The minimum Gasteiger partial charge on any atom is -0.0738 e. The Balaban J connectivity index is 1.47. The zero-order valence-electron chi connectivity index (χ0n) is 16.1. The summed E-state index contributed by atoms with van der Waals surface area (Å²) in [6.45, 7) is 7.11. The van der Waals surface area contributed by atoms with Crippen LogP contribution in [0.15, 0.2) is 35.4 Å². The van der Waals surface area contributed by atoms with Crippen molar-refractivity contribution < 1.29 is 0 Å². The third kappa shape index (κ3) is 4.32. The third-order valence-electron chi connectivity index (χ3n) is 6.88. The topological polar surface area (TPSA) is 0 Å². The second-order valence-electron chi connectivity index (χ2n) is 8.47. The summed E-state index contributed by atoms with van der Waals surface area (Å²) in [5.41, 5.74) is 6.57. The molecule has 24 heavy (non-hydrogen) atoms. The number of hydrogen-bond acceptors (Lipinski definition) is 0. The molecule has 0 heteroatoms. The lowest BCUT2D eigenvalue weighted by atomic mass is 9.78. The lowest BCUT2D eigenvalue weighted by molar-refractivity contribution is 0.319. The summed E-state index contributed by atoms with van der Waals surface area (Å²) < 4.78 is 0. The summed E-state index contributed by atoms with van der Waals surface area (Å²) in [6, 6.07) is 9.66. The van der Waals surface area contributed by atoms with Crippen LogP contribution in [0.5, 0.6) is 0 Å². The molecule has 0 nitrogen and oxygen atoms in total. The number of hydrogen-bond donors (Lipinski definition) is 0. The summed E-state index contributed by atoms with van der Waals surface area (Å²) in [6.07, 6.45) is 13.7. The van der Waals surface area contributed by atoms with Gasteiger partial charge >= 0.3 is 0 Å². The summed E-state index contributed by atoms with van der Waals surface area (Å²) in [5, 5.41) is 0. The molecule has 0 radical (unpaired) electrons. The minimum absolute atomic E-state index is 0.828. The first-order chi connectivity index (χ1) is 11.7. The summed E-state index contributed by atoms with van der Waals surface area (Å²) in [4.78, 5) is 0. The van der Waals surface area contributed by atoms with Crippen LogP contribution < -0.4 is 0 Å². The quantitative estimate of drug-likeness (QED) is 0.477. The van der Waals surface area contributed by atoms with E-state index in [4.69, 9.17) is 0 Å². The standard InChI is InChI=1S/C24H36/c1-4-20-10-14-22(15-11-20)23-16-12-21(13-17-23)6-5-7-24-18(2)8-9-19(24)3/h12-13,16-18,20,22H,4-11,14-15H2,1-3H3. The van der Waals surface area contributed by atoms with E-state index in [2.05, 4.69) is 45.0 Å². The van der Waals surface area contributed by atoms with Crippen LogP contribution in [-0.4, -0.2) is 0 Å². The van der Waals surface area contributed by atoms with E-state index in [1.54, 1.807) is 16.7 Å². The molecule has 1 aromatic carbocycles. The second kappa shape index (κ2) is 8.37. The van der Waals surface area contributed by atoms with Crippen molar-refractivity contribution in [3.8, 4) is 0 Å². The molecule has 1 saturated carbocycles. The first-order valence-electron chi connectivity index (χ1n) is 10.4. The van der Waals surface area contributed by atoms with E-state index < -0.39 is 0 Å². The maximum absolute atomic E-state index is 2.43. The van der Waals surface area contributed by atoms with Crippen LogP contribution >= 0.6 is 0 Å². The van der Waals surface area contributed by atoms with Crippen LogP contribution in [0.1, 0.15) is 95.6 Å². The van der Waals surface area contributed by atoms with E-state index in [0.29, 0.717) is 0 Å². The highest BCUT2D eigenvalue weighted by atomic mass is 14.3. The van der Waals surface area contributed by atoms with Gasteiger partial charge in [0.15, 0.2) is 0 Å². The SMILES string of the molecule is CCC1CCC(c2ccc(CCCC3=C(C)CCC3C)cc2)CC1. The summed E-state index contributed by atoms with van der Waals surface area (Å²) in [7, 11) is 0. The highest BCUT2D eigenvalue weighted by Gasteiger charge is 2.21. The molecule has 0 heterocycles. The van der Waals surface area contributed by atoms with Crippen molar-refractivity contribution in [1.29, 1.82) is 0 Å². The van der Waals surface area contributed by atoms with Gasteiger partial charge in [-0.05, 0) is 93.6 Å². The lowest BCUT2D eigenvalue weighted by Crippen LogP contribution is -2.12. The molecular weight excluding hydrogens is 288 g/mol. The van der Waals surface area contributed by atoms with Crippen molar-refractivity contribution in [1.82, 2.24) is 0 Å². The van der Waals surface area contributed by atoms with Gasteiger partial charge in [-0.1, -0.05) is 55.7 Å². The molecule has 1 atom stereocenters. The maximum atomic E-state index is 2.43. The van der Waals surface area contributed by atoms with Crippen molar-refractivity contribution in [2.24, 2.45) is 11.8 Å². The Morgan fingerprint density at radius 3 is 2.21 bits per heavy atom. The van der Waals surface area contributed by atoms with Gasteiger partial charge in [0.1, 0.15) is 0 Å². The molecular formula is C24H36. The number of aryl methyl sites for hydroxylation is 1. The van der Waals surface area contributed by atoms with Crippen molar-refractivity contribution >= 4 is 0 Å². The molecule has 0 spiro atoms. The predicted molar refractivity (Wildman–Crippen MR) is 105 cm³/mol. The van der Waals surface area contributed by atoms with Gasteiger partial charge in [0, 0.05) is 0 Å². The predicted octanol–water partition coefficient (Wildman–Crippen LogP) is 7.44. The van der Waals surface area contributed by atoms with E-state index >= 15 is 0 Å². The summed E-state index contributed by atoms with van der Waals surface area (Å²) in [5.74, 6) is 2.66. The fraction of sp³-hybridized carbons (Fsp3) is 0.667. The maximum Gasteiger partial charge on any atom is -0.0162 e. The average Bonchev–Trinajstić information content (AvgIpc) is 2.94. The highest BCUT2D eigenvalue weighted by molar-refractivity contribution is 5.26. The number of allylic oxidation sites excluding steroid dienone is 2. The average molecular weight is 325 g/mol. The molecule has 0 bridgehead atoms. The highest BCUT2D eigenvalue weighted by Crippen LogP contribution is 2.37. The molecule has 1 aromatic rings. The zero-order chi connectivity index (χ0) is 16.9. The van der Waals surface area contributed by atoms with Gasteiger partial charge in [0.05, 0.1) is 0 Å². The molecule has 3 rings (SSSR count). The largest absolute Gasteiger partial charge is 0.0738 e. The Kier molecular flexibility index (Phi) is 6.19. The van der Waals surface area contributed by atoms with E-state index in [1.807, 2.05) is 0 Å². The van der Waals surface area contributed by atoms with E-state index in [0.717, 1.165) is 17.8 Å². The molecule has 0 aromatic heterocycles.